The van der Waals surface area contributed by atoms with E-state index in [1.165, 1.54) is 5.56 Å². The van der Waals surface area contributed by atoms with E-state index < -0.39 is 0 Å². The lowest BCUT2D eigenvalue weighted by Crippen LogP contribution is -2.10. The van der Waals surface area contributed by atoms with E-state index in [0.717, 1.165) is 28.2 Å². The normalized spacial score (nSPS) is 14.8. The molecule has 26 heavy (non-hydrogen) atoms. The van der Waals surface area contributed by atoms with Crippen LogP contribution in [-0.4, -0.2) is 22.2 Å². The van der Waals surface area contributed by atoms with Gasteiger partial charge < -0.3 is 10.6 Å². The average molecular weight is 346 g/mol. The number of amides is 1. The number of aryl methyl sites for hydroxylation is 1. The van der Waals surface area contributed by atoms with Crippen LogP contribution in [0.5, 0.6) is 0 Å². The molecule has 1 aliphatic heterocycles. The maximum atomic E-state index is 11.8. The number of hydrogen-bond acceptors (Lipinski definition) is 3. The quantitative estimate of drug-likeness (QED) is 0.746. The molecule has 0 spiro atoms. The molecule has 0 radical (unpaired) electrons. The first-order chi connectivity index (χ1) is 12.6. The first-order valence-corrected chi connectivity index (χ1v) is 8.91. The fourth-order valence-electron chi connectivity index (χ4n) is 3.41. The lowest BCUT2D eigenvalue weighted by Gasteiger charge is -2.13. The zero-order chi connectivity index (χ0) is 18.1. The number of nitrogens with one attached hydrogen (secondary N) is 2. The van der Waals surface area contributed by atoms with Gasteiger partial charge >= 0.3 is 0 Å². The molecule has 132 valence electrons. The molecule has 1 aliphatic rings. The molecule has 5 heteroatoms. The van der Waals surface area contributed by atoms with Crippen LogP contribution in [0.1, 0.15) is 30.6 Å². The highest BCUT2D eigenvalue weighted by atomic mass is 16.1. The number of hydrogen-bond donors (Lipinski definition) is 2. The Morgan fingerprint density at radius 1 is 1.08 bits per heavy atom. The van der Waals surface area contributed by atoms with E-state index in [4.69, 9.17) is 5.10 Å². The predicted octanol–water partition coefficient (Wildman–Crippen LogP) is 4.22. The van der Waals surface area contributed by atoms with Crippen LogP contribution >= 0.6 is 0 Å². The molecule has 0 fully saturated rings. The van der Waals surface area contributed by atoms with Gasteiger partial charge in [-0.3, -0.25) is 9.48 Å². The third-order valence-electron chi connectivity index (χ3n) is 4.88. The van der Waals surface area contributed by atoms with Gasteiger partial charge in [-0.05, 0) is 25.5 Å². The molecule has 4 rings (SSSR count). The van der Waals surface area contributed by atoms with E-state index in [2.05, 4.69) is 42.0 Å². The molecular formula is C21H22N4O. The number of para-hydroxylation sites is 1. The number of rotatable bonds is 3. The summed E-state index contributed by atoms with van der Waals surface area (Å²) < 4.78 is 2.01. The van der Waals surface area contributed by atoms with Crippen molar-refractivity contribution >= 4 is 17.3 Å². The molecule has 0 saturated carbocycles. The van der Waals surface area contributed by atoms with Gasteiger partial charge in [0.05, 0.1) is 23.1 Å². The summed E-state index contributed by atoms with van der Waals surface area (Å²) >= 11 is 0. The van der Waals surface area contributed by atoms with Crippen LogP contribution in [0.2, 0.25) is 0 Å². The number of anilines is 2. The third kappa shape index (κ3) is 2.96. The zero-order valence-electron chi connectivity index (χ0n) is 15.0. The second-order valence-electron chi connectivity index (χ2n) is 6.65. The van der Waals surface area contributed by atoms with Crippen molar-refractivity contribution in [3.8, 4) is 11.1 Å². The molecule has 2 aromatic carbocycles. The minimum Gasteiger partial charge on any atom is -0.382 e. The summed E-state index contributed by atoms with van der Waals surface area (Å²) in [5.74, 6) is 0.0403. The van der Waals surface area contributed by atoms with Crippen molar-refractivity contribution in [2.75, 3.05) is 17.2 Å². The summed E-state index contributed by atoms with van der Waals surface area (Å²) in [7, 11) is 0. The van der Waals surface area contributed by atoms with Crippen LogP contribution < -0.4 is 10.6 Å². The molecule has 0 bridgehead atoms. The van der Waals surface area contributed by atoms with Crippen molar-refractivity contribution in [2.45, 2.75) is 26.3 Å². The largest absolute Gasteiger partial charge is 0.382 e. The van der Waals surface area contributed by atoms with Crippen LogP contribution in [-0.2, 0) is 4.79 Å². The van der Waals surface area contributed by atoms with Gasteiger partial charge in [0.15, 0.2) is 0 Å². The van der Waals surface area contributed by atoms with Crippen molar-refractivity contribution in [3.05, 3.63) is 66.0 Å². The first-order valence-electron chi connectivity index (χ1n) is 8.91. The average Bonchev–Trinajstić information content (AvgIpc) is 2.93. The lowest BCUT2D eigenvalue weighted by atomic mass is 10.0. The molecule has 5 nitrogen and oxygen atoms in total. The van der Waals surface area contributed by atoms with E-state index in [0.29, 0.717) is 13.0 Å². The molecule has 1 aromatic heterocycles. The highest BCUT2D eigenvalue weighted by molar-refractivity contribution is 5.99. The molecular weight excluding hydrogens is 324 g/mol. The predicted molar refractivity (Wildman–Crippen MR) is 104 cm³/mol. The number of fused-ring (bicyclic) bond motifs is 1. The topological polar surface area (TPSA) is 59.0 Å². The Bertz CT molecular complexity index is 946. The molecule has 1 atom stereocenters. The van der Waals surface area contributed by atoms with E-state index in [9.17, 15) is 4.79 Å². The second-order valence-corrected chi connectivity index (χ2v) is 6.65. The number of carbonyl (C=O) groups is 1. The van der Waals surface area contributed by atoms with Crippen molar-refractivity contribution in [1.29, 1.82) is 0 Å². The minimum atomic E-state index is 0.0403. The van der Waals surface area contributed by atoms with Gasteiger partial charge in [-0.15, -0.1) is 0 Å². The van der Waals surface area contributed by atoms with Crippen LogP contribution in [0.3, 0.4) is 0 Å². The van der Waals surface area contributed by atoms with Crippen LogP contribution in [0, 0.1) is 6.92 Å². The summed E-state index contributed by atoms with van der Waals surface area (Å²) in [5, 5.41) is 11.1. The Labute approximate surface area is 153 Å². The molecule has 0 saturated heterocycles. The second kappa shape index (κ2) is 6.67. The first kappa shape index (κ1) is 16.4. The Hall–Kier alpha value is -3.08. The zero-order valence-corrected chi connectivity index (χ0v) is 15.0. The highest BCUT2D eigenvalue weighted by Crippen LogP contribution is 2.37. The van der Waals surface area contributed by atoms with Gasteiger partial charge in [0.2, 0.25) is 5.91 Å². The van der Waals surface area contributed by atoms with Gasteiger partial charge in [-0.1, -0.05) is 42.5 Å². The van der Waals surface area contributed by atoms with Gasteiger partial charge in [0, 0.05) is 30.3 Å². The van der Waals surface area contributed by atoms with Crippen molar-refractivity contribution < 1.29 is 4.79 Å². The van der Waals surface area contributed by atoms with Crippen LogP contribution in [0.25, 0.3) is 11.1 Å². The number of aromatic nitrogens is 2. The van der Waals surface area contributed by atoms with E-state index in [1.54, 1.807) is 0 Å². The summed E-state index contributed by atoms with van der Waals surface area (Å²) in [4.78, 5) is 11.8. The van der Waals surface area contributed by atoms with Crippen molar-refractivity contribution in [1.82, 2.24) is 9.78 Å². The minimum absolute atomic E-state index is 0.0403. The molecule has 3 aromatic rings. The Balaban J connectivity index is 1.75. The molecule has 2 heterocycles. The number of carbonyl (C=O) groups excluding carboxylic acids is 1. The summed E-state index contributed by atoms with van der Waals surface area (Å²) in [6, 6.07) is 16.5. The van der Waals surface area contributed by atoms with Gasteiger partial charge in [0.1, 0.15) is 0 Å². The van der Waals surface area contributed by atoms with E-state index >= 15 is 0 Å². The number of benzene rings is 2. The van der Waals surface area contributed by atoms with E-state index in [-0.39, 0.29) is 11.9 Å². The van der Waals surface area contributed by atoms with Crippen LogP contribution in [0.15, 0.2) is 54.7 Å². The fourth-order valence-corrected chi connectivity index (χ4v) is 3.41. The standard InChI is InChI=1S/C21H22N4O/c1-14-18(13-25(24-14)15(2)16-7-4-3-5-8-16)17-9-6-10-19-21(17)22-12-11-20(26)23-19/h3-10,13,15,22H,11-12H2,1-2H3,(H,23,26). The van der Waals surface area contributed by atoms with Crippen LogP contribution in [0.4, 0.5) is 11.4 Å². The maximum Gasteiger partial charge on any atom is 0.226 e. The molecule has 1 unspecified atom stereocenters. The lowest BCUT2D eigenvalue weighted by molar-refractivity contribution is -0.115. The SMILES string of the molecule is Cc1nn(C(C)c2ccccc2)cc1-c1cccc2c1NCCC(=O)N2. The monoisotopic (exact) mass is 346 g/mol. The Morgan fingerprint density at radius 2 is 1.88 bits per heavy atom. The Morgan fingerprint density at radius 3 is 2.69 bits per heavy atom. The summed E-state index contributed by atoms with van der Waals surface area (Å²) in [5.41, 5.74) is 6.13. The number of nitrogens with zero attached hydrogens (tertiary/aromatic N) is 2. The van der Waals surface area contributed by atoms with Gasteiger partial charge in [0.25, 0.3) is 0 Å². The molecule has 1 amide bonds. The van der Waals surface area contributed by atoms with Crippen molar-refractivity contribution in [2.24, 2.45) is 0 Å². The van der Waals surface area contributed by atoms with Gasteiger partial charge in [-0.2, -0.15) is 5.10 Å². The summed E-state index contributed by atoms with van der Waals surface area (Å²) in [6.45, 7) is 4.80. The third-order valence-corrected chi connectivity index (χ3v) is 4.88. The van der Waals surface area contributed by atoms with Gasteiger partial charge in [-0.25, -0.2) is 0 Å². The molecule has 2 N–H and O–H groups in total. The van der Waals surface area contributed by atoms with Crippen molar-refractivity contribution in [3.63, 3.8) is 0 Å². The smallest absolute Gasteiger partial charge is 0.226 e. The fraction of sp³-hybridized carbons (Fsp3) is 0.238. The maximum absolute atomic E-state index is 11.8. The summed E-state index contributed by atoms with van der Waals surface area (Å²) in [6.07, 6.45) is 2.56. The Kier molecular flexibility index (Phi) is 4.21. The highest BCUT2D eigenvalue weighted by Gasteiger charge is 2.19. The molecule has 0 aliphatic carbocycles. The van der Waals surface area contributed by atoms with E-state index in [1.807, 2.05) is 41.9 Å².